The fourth-order valence-corrected chi connectivity index (χ4v) is 4.40. The highest BCUT2D eigenvalue weighted by molar-refractivity contribution is 5.92. The average molecular weight is 483 g/mol. The molecule has 1 amide bonds. The molecule has 1 aliphatic rings. The average Bonchev–Trinajstić information content (AvgIpc) is 3.27. The second kappa shape index (κ2) is 9.99. The summed E-state index contributed by atoms with van der Waals surface area (Å²) in [7, 11) is 1.85. The Morgan fingerprint density at radius 1 is 1.03 bits per heavy atom. The number of fused-ring (bicyclic) bond motifs is 1. The molecule has 2 aromatic carbocycles. The number of carbonyl (C=O) groups is 1. The molecule has 0 atom stereocenters. The number of halogens is 2. The zero-order valence-electron chi connectivity index (χ0n) is 19.3. The van der Waals surface area contributed by atoms with Gasteiger partial charge >= 0.3 is 0 Å². The summed E-state index contributed by atoms with van der Waals surface area (Å²) < 4.78 is 21.4. The number of aryl methyl sites for hydroxylation is 2. The number of hydrogen-bond acceptors (Lipinski definition) is 4. The summed E-state index contributed by atoms with van der Waals surface area (Å²) in [5, 5.41) is 5.34. The fourth-order valence-electron chi connectivity index (χ4n) is 4.40. The highest BCUT2D eigenvalue weighted by Gasteiger charge is 2.23. The fraction of sp³-hybridized carbons (Fsp3) is 0.308. The van der Waals surface area contributed by atoms with Crippen LogP contribution < -0.4 is 0 Å². The standard InChI is InChI=1S/C26H27FN4O2.ClH/c1-18-13-24(28-29(18)2)26(32)31-10-4-9-30(11-12-31)17-23-16-21-14-20(7-8-25(21)33-23)19-5-3-6-22(27)15-19;/h3,5-8,13-16H,4,9-12,17H2,1-2H3;1H. The van der Waals surface area contributed by atoms with E-state index in [-0.39, 0.29) is 24.1 Å². The quantitative estimate of drug-likeness (QED) is 0.408. The van der Waals surface area contributed by atoms with Crippen molar-refractivity contribution < 1.29 is 13.6 Å². The molecule has 2 aromatic heterocycles. The third-order valence-electron chi connectivity index (χ3n) is 6.31. The van der Waals surface area contributed by atoms with Gasteiger partial charge in [-0.3, -0.25) is 14.4 Å². The predicted molar refractivity (Wildman–Crippen MR) is 133 cm³/mol. The van der Waals surface area contributed by atoms with Crippen molar-refractivity contribution in [2.75, 3.05) is 26.2 Å². The maximum Gasteiger partial charge on any atom is 0.274 e. The topological polar surface area (TPSA) is 54.5 Å². The van der Waals surface area contributed by atoms with Crippen LogP contribution in [0.25, 0.3) is 22.1 Å². The van der Waals surface area contributed by atoms with Gasteiger partial charge in [0.25, 0.3) is 5.91 Å². The highest BCUT2D eigenvalue weighted by Crippen LogP contribution is 2.28. The van der Waals surface area contributed by atoms with Gasteiger partial charge in [-0.2, -0.15) is 5.10 Å². The van der Waals surface area contributed by atoms with Crippen molar-refractivity contribution in [3.05, 3.63) is 77.6 Å². The molecule has 0 radical (unpaired) electrons. The minimum Gasteiger partial charge on any atom is -0.460 e. The van der Waals surface area contributed by atoms with Crippen LogP contribution in [0.3, 0.4) is 0 Å². The van der Waals surface area contributed by atoms with Gasteiger partial charge in [-0.25, -0.2) is 4.39 Å². The van der Waals surface area contributed by atoms with E-state index in [4.69, 9.17) is 4.42 Å². The van der Waals surface area contributed by atoms with Crippen LogP contribution in [0.2, 0.25) is 0 Å². The normalized spacial score (nSPS) is 14.7. The van der Waals surface area contributed by atoms with Crippen LogP contribution in [0.1, 0.15) is 28.4 Å². The summed E-state index contributed by atoms with van der Waals surface area (Å²) in [5.41, 5.74) is 4.11. The molecule has 0 bridgehead atoms. The molecule has 1 saturated heterocycles. The second-order valence-electron chi connectivity index (χ2n) is 8.69. The Balaban J connectivity index is 0.00000274. The first kappa shape index (κ1) is 24.0. The number of aromatic nitrogens is 2. The highest BCUT2D eigenvalue weighted by atomic mass is 35.5. The molecule has 5 rings (SSSR count). The summed E-state index contributed by atoms with van der Waals surface area (Å²) in [5.74, 6) is 0.642. The van der Waals surface area contributed by atoms with Crippen LogP contribution in [-0.2, 0) is 13.6 Å². The van der Waals surface area contributed by atoms with E-state index in [0.717, 1.165) is 59.6 Å². The summed E-state index contributed by atoms with van der Waals surface area (Å²) in [6.07, 6.45) is 0.904. The molecule has 1 fully saturated rings. The van der Waals surface area contributed by atoms with Gasteiger partial charge in [0.2, 0.25) is 0 Å². The molecule has 178 valence electrons. The van der Waals surface area contributed by atoms with E-state index >= 15 is 0 Å². The Bertz CT molecular complexity index is 1300. The van der Waals surface area contributed by atoms with E-state index in [1.165, 1.54) is 6.07 Å². The van der Waals surface area contributed by atoms with Crippen molar-refractivity contribution >= 4 is 29.3 Å². The number of nitrogens with zero attached hydrogens (tertiary/aromatic N) is 4. The van der Waals surface area contributed by atoms with E-state index in [2.05, 4.69) is 16.1 Å². The Morgan fingerprint density at radius 2 is 1.85 bits per heavy atom. The number of carbonyl (C=O) groups excluding carboxylic acids is 1. The molecule has 0 spiro atoms. The van der Waals surface area contributed by atoms with E-state index in [1.54, 1.807) is 16.8 Å². The maximum absolute atomic E-state index is 13.6. The zero-order valence-corrected chi connectivity index (χ0v) is 20.1. The first-order chi connectivity index (χ1) is 16.0. The molecular formula is C26H28ClFN4O2. The summed E-state index contributed by atoms with van der Waals surface area (Å²) in [4.78, 5) is 17.1. The molecule has 34 heavy (non-hydrogen) atoms. The van der Waals surface area contributed by atoms with Crippen molar-refractivity contribution in [1.29, 1.82) is 0 Å². The zero-order chi connectivity index (χ0) is 22.9. The van der Waals surface area contributed by atoms with Crippen molar-refractivity contribution in [3.63, 3.8) is 0 Å². The lowest BCUT2D eigenvalue weighted by Gasteiger charge is -2.20. The first-order valence-electron chi connectivity index (χ1n) is 11.3. The molecule has 0 N–H and O–H groups in total. The maximum atomic E-state index is 13.6. The molecule has 0 saturated carbocycles. The molecule has 1 aliphatic heterocycles. The lowest BCUT2D eigenvalue weighted by atomic mass is 10.0. The third-order valence-corrected chi connectivity index (χ3v) is 6.31. The van der Waals surface area contributed by atoms with Gasteiger partial charge in [0.05, 0.1) is 6.54 Å². The lowest BCUT2D eigenvalue weighted by Crippen LogP contribution is -2.35. The van der Waals surface area contributed by atoms with Crippen molar-refractivity contribution in [2.45, 2.75) is 19.9 Å². The van der Waals surface area contributed by atoms with E-state index in [1.807, 2.05) is 49.2 Å². The van der Waals surface area contributed by atoms with Crippen LogP contribution in [0, 0.1) is 12.7 Å². The lowest BCUT2D eigenvalue weighted by molar-refractivity contribution is 0.0754. The van der Waals surface area contributed by atoms with Crippen molar-refractivity contribution in [2.24, 2.45) is 7.05 Å². The smallest absolute Gasteiger partial charge is 0.274 e. The van der Waals surface area contributed by atoms with E-state index in [9.17, 15) is 9.18 Å². The predicted octanol–water partition coefficient (Wildman–Crippen LogP) is 5.05. The molecule has 0 aliphatic carbocycles. The molecular weight excluding hydrogens is 455 g/mol. The summed E-state index contributed by atoms with van der Waals surface area (Å²) in [6.45, 7) is 5.71. The minimum atomic E-state index is -0.243. The number of benzene rings is 2. The first-order valence-corrected chi connectivity index (χ1v) is 11.3. The van der Waals surface area contributed by atoms with Gasteiger partial charge in [0, 0.05) is 44.3 Å². The van der Waals surface area contributed by atoms with Crippen LogP contribution >= 0.6 is 12.4 Å². The van der Waals surface area contributed by atoms with Crippen molar-refractivity contribution in [1.82, 2.24) is 19.6 Å². The van der Waals surface area contributed by atoms with Gasteiger partial charge in [-0.1, -0.05) is 18.2 Å². The number of furan rings is 1. The Labute approximate surface area is 204 Å². The Morgan fingerprint density at radius 3 is 2.62 bits per heavy atom. The molecule has 3 heterocycles. The summed E-state index contributed by atoms with van der Waals surface area (Å²) in [6, 6.07) is 16.5. The molecule has 6 nitrogen and oxygen atoms in total. The second-order valence-corrected chi connectivity index (χ2v) is 8.69. The minimum absolute atomic E-state index is 0. The third kappa shape index (κ3) is 5.00. The number of rotatable bonds is 4. The van der Waals surface area contributed by atoms with E-state index < -0.39 is 0 Å². The molecule has 0 unspecified atom stereocenters. The molecule has 4 aromatic rings. The largest absolute Gasteiger partial charge is 0.460 e. The Kier molecular flexibility index (Phi) is 7.05. The summed E-state index contributed by atoms with van der Waals surface area (Å²) >= 11 is 0. The SMILES string of the molecule is Cc1cc(C(=O)N2CCCN(Cc3cc4cc(-c5cccc(F)c5)ccc4o3)CC2)nn1C.Cl. The van der Waals surface area contributed by atoms with Crippen LogP contribution in [0.5, 0.6) is 0 Å². The van der Waals surface area contributed by atoms with Gasteiger partial charge < -0.3 is 9.32 Å². The number of hydrogen-bond donors (Lipinski definition) is 0. The van der Waals surface area contributed by atoms with Gasteiger partial charge in [0.15, 0.2) is 5.69 Å². The van der Waals surface area contributed by atoms with Gasteiger partial charge in [-0.15, -0.1) is 12.4 Å². The van der Waals surface area contributed by atoms with Crippen LogP contribution in [0.4, 0.5) is 4.39 Å². The Hall–Kier alpha value is -3.16. The van der Waals surface area contributed by atoms with Gasteiger partial charge in [-0.05, 0) is 60.9 Å². The molecule has 8 heteroatoms. The monoisotopic (exact) mass is 482 g/mol. The van der Waals surface area contributed by atoms with E-state index in [0.29, 0.717) is 18.8 Å². The van der Waals surface area contributed by atoms with Crippen LogP contribution in [-0.4, -0.2) is 51.7 Å². The number of amides is 1. The van der Waals surface area contributed by atoms with Crippen molar-refractivity contribution in [3.8, 4) is 11.1 Å². The van der Waals surface area contributed by atoms with Crippen LogP contribution in [0.15, 0.2) is 59.0 Å². The van der Waals surface area contributed by atoms with Gasteiger partial charge in [0.1, 0.15) is 17.2 Å².